The summed E-state index contributed by atoms with van der Waals surface area (Å²) in [4.78, 5) is 27.3. The smallest absolute Gasteiger partial charge is 0.354 e. The van der Waals surface area contributed by atoms with Crippen LogP contribution in [0.15, 0.2) is 12.1 Å². The molecule has 0 unspecified atom stereocenters. The summed E-state index contributed by atoms with van der Waals surface area (Å²) >= 11 is 0. The zero-order valence-electron chi connectivity index (χ0n) is 12.2. The van der Waals surface area contributed by atoms with Gasteiger partial charge < -0.3 is 20.8 Å². The number of hydrogen-bond acceptors (Lipinski definition) is 5. The fraction of sp³-hybridized carbons (Fsp3) is 0.571. The van der Waals surface area contributed by atoms with Gasteiger partial charge in [0.25, 0.3) is 0 Å². The van der Waals surface area contributed by atoms with Crippen LogP contribution in [0.3, 0.4) is 0 Å². The maximum atomic E-state index is 11.3. The van der Waals surface area contributed by atoms with Crippen LogP contribution in [0.4, 0.5) is 0 Å². The number of nitrogens with two attached hydrogens (primary N) is 1. The largest absolute Gasteiger partial charge is 0.464 e. The summed E-state index contributed by atoms with van der Waals surface area (Å²) in [6, 6.07) is 4.01. The van der Waals surface area contributed by atoms with Crippen molar-refractivity contribution in [3.8, 4) is 0 Å². The quantitative estimate of drug-likeness (QED) is 0.633. The molecule has 0 saturated carbocycles. The van der Waals surface area contributed by atoms with Crippen LogP contribution in [-0.2, 0) is 16.1 Å². The lowest BCUT2D eigenvalue weighted by Gasteiger charge is -2.31. The number of rotatable bonds is 6. The fourth-order valence-corrected chi connectivity index (χ4v) is 2.54. The first kappa shape index (κ1) is 15.5. The summed E-state index contributed by atoms with van der Waals surface area (Å²) in [7, 11) is 1.36. The molecule has 0 radical (unpaired) electrons. The van der Waals surface area contributed by atoms with Crippen LogP contribution >= 0.6 is 0 Å². The molecule has 2 heterocycles. The van der Waals surface area contributed by atoms with E-state index in [2.05, 4.69) is 19.9 Å². The lowest BCUT2D eigenvalue weighted by Crippen LogP contribution is -2.45. The third-order valence-electron chi connectivity index (χ3n) is 3.70. The van der Waals surface area contributed by atoms with Crippen molar-refractivity contribution < 1.29 is 14.3 Å². The van der Waals surface area contributed by atoms with Crippen molar-refractivity contribution in [1.29, 1.82) is 0 Å². The van der Waals surface area contributed by atoms with Gasteiger partial charge in [0.2, 0.25) is 5.91 Å². The molecule has 1 aliphatic rings. The molecular weight excluding hydrogens is 272 g/mol. The van der Waals surface area contributed by atoms with E-state index in [1.165, 1.54) is 7.11 Å². The Bertz CT molecular complexity index is 492. The monoisotopic (exact) mass is 294 g/mol. The van der Waals surface area contributed by atoms with E-state index in [4.69, 9.17) is 5.73 Å². The number of piperidine rings is 1. The molecule has 1 saturated heterocycles. The Kier molecular flexibility index (Phi) is 5.35. The molecule has 7 heteroatoms. The topological polar surface area (TPSA) is 100 Å². The Balaban J connectivity index is 1.73. The number of esters is 1. The highest BCUT2D eigenvalue weighted by atomic mass is 16.5. The van der Waals surface area contributed by atoms with Crippen molar-refractivity contribution in [1.82, 2.24) is 15.2 Å². The number of amides is 1. The predicted octanol–water partition coefficient (Wildman–Crippen LogP) is -0.159. The number of methoxy groups -OCH3 is 1. The Morgan fingerprint density at radius 3 is 2.76 bits per heavy atom. The summed E-state index contributed by atoms with van der Waals surface area (Å²) in [6.45, 7) is 2.76. The summed E-state index contributed by atoms with van der Waals surface area (Å²) in [5, 5.41) is 3.46. The minimum atomic E-state index is -0.360. The van der Waals surface area contributed by atoms with Crippen LogP contribution in [0, 0.1) is 0 Å². The molecule has 2 rings (SSSR count). The number of nitrogens with one attached hydrogen (secondary N) is 2. The molecule has 0 bridgehead atoms. The number of nitrogens with zero attached hydrogens (tertiary/aromatic N) is 1. The molecule has 0 aromatic carbocycles. The Labute approximate surface area is 123 Å². The molecule has 4 N–H and O–H groups in total. The van der Waals surface area contributed by atoms with E-state index in [0.29, 0.717) is 24.8 Å². The Morgan fingerprint density at radius 1 is 1.43 bits per heavy atom. The molecular formula is C14H22N4O3. The summed E-state index contributed by atoms with van der Waals surface area (Å²) < 4.78 is 4.65. The zero-order chi connectivity index (χ0) is 15.2. The molecule has 1 aromatic rings. The number of ether oxygens (including phenoxy) is 1. The number of likely N-dealkylation sites (tertiary alicyclic amines) is 1. The van der Waals surface area contributed by atoms with Crippen LogP contribution in [-0.4, -0.2) is 54.5 Å². The van der Waals surface area contributed by atoms with E-state index < -0.39 is 0 Å². The number of carbonyl (C=O) groups is 2. The van der Waals surface area contributed by atoms with Gasteiger partial charge in [0, 0.05) is 31.4 Å². The lowest BCUT2D eigenvalue weighted by molar-refractivity contribution is -0.119. The van der Waals surface area contributed by atoms with E-state index in [1.807, 2.05) is 6.07 Å². The molecule has 1 aliphatic heterocycles. The van der Waals surface area contributed by atoms with E-state index in [9.17, 15) is 9.59 Å². The van der Waals surface area contributed by atoms with Crippen LogP contribution in [0.1, 0.15) is 29.0 Å². The number of aromatic nitrogens is 1. The van der Waals surface area contributed by atoms with Crippen LogP contribution in [0.25, 0.3) is 0 Å². The first-order valence-corrected chi connectivity index (χ1v) is 7.08. The summed E-state index contributed by atoms with van der Waals surface area (Å²) in [6.07, 6.45) is 1.97. The molecule has 0 atom stereocenters. The van der Waals surface area contributed by atoms with Gasteiger partial charge in [-0.15, -0.1) is 0 Å². The second-order valence-corrected chi connectivity index (χ2v) is 5.29. The highest BCUT2D eigenvalue weighted by Gasteiger charge is 2.19. The van der Waals surface area contributed by atoms with Crippen molar-refractivity contribution >= 4 is 11.9 Å². The number of H-pyrrole nitrogens is 1. The molecule has 116 valence electrons. The number of primary amides is 1. The maximum absolute atomic E-state index is 11.3. The standard InChI is InChI=1S/C14H22N4O3/c1-21-14(20)12-3-2-11(17-12)8-16-10-4-6-18(7-5-10)9-13(15)19/h2-3,10,16-17H,4-9H2,1H3,(H2,15,19). The van der Waals surface area contributed by atoms with Gasteiger partial charge in [0.1, 0.15) is 5.69 Å². The van der Waals surface area contributed by atoms with E-state index in [0.717, 1.165) is 31.6 Å². The van der Waals surface area contributed by atoms with Crippen molar-refractivity contribution in [2.45, 2.75) is 25.4 Å². The molecule has 0 spiro atoms. The van der Waals surface area contributed by atoms with Gasteiger partial charge in [-0.2, -0.15) is 0 Å². The summed E-state index contributed by atoms with van der Waals surface area (Å²) in [5.74, 6) is -0.635. The third kappa shape index (κ3) is 4.57. The highest BCUT2D eigenvalue weighted by Crippen LogP contribution is 2.11. The van der Waals surface area contributed by atoms with Gasteiger partial charge in [0.05, 0.1) is 13.7 Å². The first-order chi connectivity index (χ1) is 10.1. The van der Waals surface area contributed by atoms with E-state index >= 15 is 0 Å². The van der Waals surface area contributed by atoms with E-state index in [-0.39, 0.29) is 11.9 Å². The lowest BCUT2D eigenvalue weighted by atomic mass is 10.0. The molecule has 1 aromatic heterocycles. The second kappa shape index (κ2) is 7.24. The Morgan fingerprint density at radius 2 is 2.14 bits per heavy atom. The zero-order valence-corrected chi connectivity index (χ0v) is 12.2. The molecule has 7 nitrogen and oxygen atoms in total. The Hall–Kier alpha value is -1.86. The minimum Gasteiger partial charge on any atom is -0.464 e. The molecule has 1 fully saturated rings. The van der Waals surface area contributed by atoms with Crippen molar-refractivity contribution in [3.05, 3.63) is 23.5 Å². The van der Waals surface area contributed by atoms with Gasteiger partial charge in [-0.05, 0) is 25.0 Å². The van der Waals surface area contributed by atoms with Gasteiger partial charge in [-0.3, -0.25) is 9.69 Å². The fourth-order valence-electron chi connectivity index (χ4n) is 2.54. The molecule has 21 heavy (non-hydrogen) atoms. The van der Waals surface area contributed by atoms with Gasteiger partial charge in [-0.1, -0.05) is 0 Å². The summed E-state index contributed by atoms with van der Waals surface area (Å²) in [5.41, 5.74) is 6.61. The van der Waals surface area contributed by atoms with Gasteiger partial charge >= 0.3 is 5.97 Å². The number of aromatic amines is 1. The highest BCUT2D eigenvalue weighted by molar-refractivity contribution is 5.87. The second-order valence-electron chi connectivity index (χ2n) is 5.29. The van der Waals surface area contributed by atoms with Crippen LogP contribution < -0.4 is 11.1 Å². The van der Waals surface area contributed by atoms with Gasteiger partial charge in [-0.25, -0.2) is 4.79 Å². The number of carbonyl (C=O) groups excluding carboxylic acids is 2. The van der Waals surface area contributed by atoms with Crippen LogP contribution in [0.2, 0.25) is 0 Å². The molecule has 1 amide bonds. The third-order valence-corrected chi connectivity index (χ3v) is 3.70. The van der Waals surface area contributed by atoms with Crippen molar-refractivity contribution in [2.75, 3.05) is 26.7 Å². The number of hydrogen-bond donors (Lipinski definition) is 3. The normalized spacial score (nSPS) is 16.8. The molecule has 0 aliphatic carbocycles. The van der Waals surface area contributed by atoms with Crippen molar-refractivity contribution in [2.24, 2.45) is 5.73 Å². The van der Waals surface area contributed by atoms with Crippen LogP contribution in [0.5, 0.6) is 0 Å². The predicted molar refractivity (Wildman–Crippen MR) is 77.6 cm³/mol. The SMILES string of the molecule is COC(=O)c1ccc(CNC2CCN(CC(N)=O)CC2)[nH]1. The van der Waals surface area contributed by atoms with E-state index in [1.54, 1.807) is 6.07 Å². The maximum Gasteiger partial charge on any atom is 0.354 e. The average molecular weight is 294 g/mol. The van der Waals surface area contributed by atoms with Crippen molar-refractivity contribution in [3.63, 3.8) is 0 Å². The average Bonchev–Trinajstić information content (AvgIpc) is 2.94. The van der Waals surface area contributed by atoms with Gasteiger partial charge in [0.15, 0.2) is 0 Å². The minimum absolute atomic E-state index is 0.275. The first-order valence-electron chi connectivity index (χ1n) is 7.08.